The molecule has 24 heavy (non-hydrogen) atoms. The zero-order chi connectivity index (χ0) is 17.4. The predicted molar refractivity (Wildman–Crippen MR) is 82.9 cm³/mol. The maximum Gasteiger partial charge on any atom is 0.573 e. The molecule has 0 fully saturated rings. The first kappa shape index (κ1) is 17.7. The van der Waals surface area contributed by atoms with Crippen molar-refractivity contribution < 1.29 is 27.4 Å². The van der Waals surface area contributed by atoms with Crippen LogP contribution in [-0.2, 0) is 4.74 Å². The molecule has 0 aliphatic carbocycles. The van der Waals surface area contributed by atoms with Gasteiger partial charge >= 0.3 is 6.36 Å². The van der Waals surface area contributed by atoms with Crippen molar-refractivity contribution in [3.63, 3.8) is 0 Å². The topological polar surface area (TPSA) is 27.7 Å². The van der Waals surface area contributed by atoms with Crippen LogP contribution in [0.5, 0.6) is 11.5 Å². The molecule has 2 aromatic rings. The first-order chi connectivity index (χ1) is 11.5. The minimum Gasteiger partial charge on any atom is -0.491 e. The molecular formula is C18H15F3O3. The SMILES string of the molecule is COCCOc1ccc(C#Cc2ccc(OC(F)(F)F)cc2)cc1. The molecule has 0 heterocycles. The van der Waals surface area contributed by atoms with Crippen LogP contribution in [0.4, 0.5) is 13.2 Å². The first-order valence-electron chi connectivity index (χ1n) is 7.06. The van der Waals surface area contributed by atoms with Crippen molar-refractivity contribution in [1.82, 2.24) is 0 Å². The van der Waals surface area contributed by atoms with Gasteiger partial charge in [0.15, 0.2) is 0 Å². The average molecular weight is 336 g/mol. The molecule has 3 nitrogen and oxygen atoms in total. The van der Waals surface area contributed by atoms with E-state index in [0.29, 0.717) is 24.5 Å². The van der Waals surface area contributed by atoms with Crippen molar-refractivity contribution in [3.8, 4) is 23.3 Å². The number of halogens is 3. The van der Waals surface area contributed by atoms with Crippen molar-refractivity contribution in [2.75, 3.05) is 20.3 Å². The molecule has 0 bridgehead atoms. The molecule has 0 aliphatic rings. The van der Waals surface area contributed by atoms with Gasteiger partial charge in [0.05, 0.1) is 6.61 Å². The van der Waals surface area contributed by atoms with Crippen molar-refractivity contribution in [1.29, 1.82) is 0 Å². The highest BCUT2D eigenvalue weighted by Gasteiger charge is 2.30. The minimum atomic E-state index is -4.69. The Morgan fingerprint density at radius 2 is 1.29 bits per heavy atom. The molecular weight excluding hydrogens is 321 g/mol. The van der Waals surface area contributed by atoms with Gasteiger partial charge in [-0.3, -0.25) is 0 Å². The van der Waals surface area contributed by atoms with Gasteiger partial charge in [-0.2, -0.15) is 0 Å². The third-order valence-electron chi connectivity index (χ3n) is 2.85. The maximum absolute atomic E-state index is 12.1. The Morgan fingerprint density at radius 1 is 0.792 bits per heavy atom. The molecule has 0 amide bonds. The third-order valence-corrected chi connectivity index (χ3v) is 2.85. The number of methoxy groups -OCH3 is 1. The molecule has 2 aromatic carbocycles. The quantitative estimate of drug-likeness (QED) is 0.610. The van der Waals surface area contributed by atoms with E-state index in [1.807, 2.05) is 0 Å². The van der Waals surface area contributed by atoms with Gasteiger partial charge in [0.2, 0.25) is 0 Å². The summed E-state index contributed by atoms with van der Waals surface area (Å²) in [6.07, 6.45) is -4.69. The van der Waals surface area contributed by atoms with E-state index in [4.69, 9.17) is 9.47 Å². The molecule has 6 heteroatoms. The number of ether oxygens (including phenoxy) is 3. The van der Waals surface area contributed by atoms with Crippen molar-refractivity contribution >= 4 is 0 Å². The summed E-state index contributed by atoms with van der Waals surface area (Å²) in [6, 6.07) is 12.6. The van der Waals surface area contributed by atoms with E-state index >= 15 is 0 Å². The average Bonchev–Trinajstić information content (AvgIpc) is 2.54. The Bertz CT molecular complexity index is 696. The van der Waals surface area contributed by atoms with E-state index in [-0.39, 0.29) is 5.75 Å². The fourth-order valence-corrected chi connectivity index (χ4v) is 1.76. The highest BCUT2D eigenvalue weighted by molar-refractivity contribution is 5.45. The zero-order valence-electron chi connectivity index (χ0n) is 12.9. The second kappa shape index (κ2) is 8.27. The summed E-state index contributed by atoms with van der Waals surface area (Å²) in [7, 11) is 1.60. The fraction of sp³-hybridized carbons (Fsp3) is 0.222. The lowest BCUT2D eigenvalue weighted by Gasteiger charge is -2.08. The van der Waals surface area contributed by atoms with Crippen LogP contribution in [0.3, 0.4) is 0 Å². The van der Waals surface area contributed by atoms with Crippen LogP contribution in [0.25, 0.3) is 0 Å². The monoisotopic (exact) mass is 336 g/mol. The molecule has 0 aliphatic heterocycles. The summed E-state index contributed by atoms with van der Waals surface area (Å²) in [4.78, 5) is 0. The summed E-state index contributed by atoms with van der Waals surface area (Å²) < 4.78 is 50.4. The predicted octanol–water partition coefficient (Wildman–Crippen LogP) is 4.01. The van der Waals surface area contributed by atoms with Crippen LogP contribution in [-0.4, -0.2) is 26.7 Å². The van der Waals surface area contributed by atoms with Crippen LogP contribution in [0.15, 0.2) is 48.5 Å². The van der Waals surface area contributed by atoms with Crippen LogP contribution < -0.4 is 9.47 Å². The molecule has 0 saturated carbocycles. The number of hydrogen-bond acceptors (Lipinski definition) is 3. The minimum absolute atomic E-state index is 0.273. The van der Waals surface area contributed by atoms with E-state index in [2.05, 4.69) is 16.6 Å². The molecule has 0 atom stereocenters. The zero-order valence-corrected chi connectivity index (χ0v) is 12.9. The Balaban J connectivity index is 1.96. The van der Waals surface area contributed by atoms with E-state index in [1.54, 1.807) is 31.4 Å². The van der Waals surface area contributed by atoms with Crippen LogP contribution in [0.2, 0.25) is 0 Å². The Morgan fingerprint density at radius 3 is 1.75 bits per heavy atom. The molecule has 126 valence electrons. The molecule has 0 N–H and O–H groups in total. The lowest BCUT2D eigenvalue weighted by Crippen LogP contribution is -2.16. The second-order valence-corrected chi connectivity index (χ2v) is 4.69. The molecule has 0 saturated heterocycles. The van der Waals surface area contributed by atoms with Crippen molar-refractivity contribution in [2.45, 2.75) is 6.36 Å². The largest absolute Gasteiger partial charge is 0.573 e. The van der Waals surface area contributed by atoms with Crippen LogP contribution in [0.1, 0.15) is 11.1 Å². The smallest absolute Gasteiger partial charge is 0.491 e. The lowest BCUT2D eigenvalue weighted by molar-refractivity contribution is -0.274. The summed E-state index contributed by atoms with van der Waals surface area (Å²) in [5, 5.41) is 0. The van der Waals surface area contributed by atoms with Gasteiger partial charge < -0.3 is 14.2 Å². The number of rotatable bonds is 5. The van der Waals surface area contributed by atoms with E-state index in [0.717, 1.165) is 5.56 Å². The molecule has 0 spiro atoms. The molecule has 0 unspecified atom stereocenters. The highest BCUT2D eigenvalue weighted by atomic mass is 19.4. The van der Waals surface area contributed by atoms with Gasteiger partial charge in [0, 0.05) is 18.2 Å². The highest BCUT2D eigenvalue weighted by Crippen LogP contribution is 2.22. The van der Waals surface area contributed by atoms with Gasteiger partial charge in [-0.25, -0.2) is 0 Å². The Labute approximate surface area is 138 Å². The van der Waals surface area contributed by atoms with Crippen molar-refractivity contribution in [3.05, 3.63) is 59.7 Å². The number of hydrogen-bond donors (Lipinski definition) is 0. The van der Waals surface area contributed by atoms with Crippen LogP contribution >= 0.6 is 0 Å². The first-order valence-corrected chi connectivity index (χ1v) is 7.06. The molecule has 2 rings (SSSR count). The Hall–Kier alpha value is -2.65. The van der Waals surface area contributed by atoms with E-state index < -0.39 is 6.36 Å². The van der Waals surface area contributed by atoms with Gasteiger partial charge in [-0.05, 0) is 48.5 Å². The lowest BCUT2D eigenvalue weighted by atomic mass is 10.2. The van der Waals surface area contributed by atoms with E-state index in [9.17, 15) is 13.2 Å². The second-order valence-electron chi connectivity index (χ2n) is 4.69. The number of benzene rings is 2. The van der Waals surface area contributed by atoms with Gasteiger partial charge in [0.1, 0.15) is 18.1 Å². The molecule has 0 radical (unpaired) electrons. The third kappa shape index (κ3) is 6.23. The summed E-state index contributed by atoms with van der Waals surface area (Å²) in [5.41, 5.74) is 1.36. The summed E-state index contributed by atoms with van der Waals surface area (Å²) in [6.45, 7) is 0.976. The summed E-state index contributed by atoms with van der Waals surface area (Å²) in [5.74, 6) is 6.25. The number of alkyl halides is 3. The fourth-order valence-electron chi connectivity index (χ4n) is 1.76. The van der Waals surface area contributed by atoms with Gasteiger partial charge in [0.25, 0.3) is 0 Å². The standard InChI is InChI=1S/C18H15F3O3/c1-22-12-13-23-16-8-4-14(5-9-16)2-3-15-6-10-17(11-7-15)24-18(19,20)21/h4-11H,12-13H2,1H3. The Kier molecular flexibility index (Phi) is 6.10. The molecule has 0 aromatic heterocycles. The van der Waals surface area contributed by atoms with E-state index in [1.165, 1.54) is 24.3 Å². The van der Waals surface area contributed by atoms with Gasteiger partial charge in [-0.15, -0.1) is 13.2 Å². The van der Waals surface area contributed by atoms with Gasteiger partial charge in [-0.1, -0.05) is 11.8 Å². The normalized spacial score (nSPS) is 10.7. The summed E-state index contributed by atoms with van der Waals surface area (Å²) >= 11 is 0. The van der Waals surface area contributed by atoms with Crippen molar-refractivity contribution in [2.24, 2.45) is 0 Å². The maximum atomic E-state index is 12.1. The van der Waals surface area contributed by atoms with Crippen LogP contribution in [0, 0.1) is 11.8 Å².